The number of urea groups is 1. The molecule has 0 bridgehead atoms. The fraction of sp³-hybridized carbons (Fsp3) is 0.520. The van der Waals surface area contributed by atoms with Gasteiger partial charge in [-0.1, -0.05) is 38.1 Å². The molecule has 1 aliphatic heterocycles. The number of allylic oxidation sites excluding steroid dienone is 1. The highest BCUT2D eigenvalue weighted by Gasteiger charge is 2.57. The van der Waals surface area contributed by atoms with Crippen LogP contribution in [0, 0.1) is 22.7 Å². The van der Waals surface area contributed by atoms with Crippen LogP contribution < -0.4 is 14.9 Å². The van der Waals surface area contributed by atoms with Crippen molar-refractivity contribution in [3.05, 3.63) is 42.6 Å². The van der Waals surface area contributed by atoms with E-state index in [4.69, 9.17) is 18.5 Å². The summed E-state index contributed by atoms with van der Waals surface area (Å²) in [4.78, 5) is 36.6. The van der Waals surface area contributed by atoms with E-state index in [0.717, 1.165) is 4.90 Å². The summed E-state index contributed by atoms with van der Waals surface area (Å²) in [6.45, 7) is 7.74. The van der Waals surface area contributed by atoms with Gasteiger partial charge in [0.2, 0.25) is 6.41 Å². The lowest BCUT2D eigenvalue weighted by Gasteiger charge is -2.32. The van der Waals surface area contributed by atoms with Crippen molar-refractivity contribution in [1.29, 1.82) is 5.26 Å². The lowest BCUT2D eigenvalue weighted by atomic mass is 9.83. The maximum atomic E-state index is 13.8. The van der Waals surface area contributed by atoms with Crippen LogP contribution >= 0.6 is 7.75 Å². The Balaban J connectivity index is 2.28. The van der Waals surface area contributed by atoms with Gasteiger partial charge in [0.05, 0.1) is 19.3 Å². The summed E-state index contributed by atoms with van der Waals surface area (Å²) in [5, 5.41) is 25.4. The highest BCUT2D eigenvalue weighted by Crippen LogP contribution is 2.47. The topological polar surface area (TPSA) is 177 Å². The quantitative estimate of drug-likeness (QED) is 0.182. The standard InChI is InChI=1S/C25H35N4O9P/c1-6-12-29(24(33)27-16-30)23-25(5,15-26)21(31)20(37-23)14-36-39(34,38-19-10-8-7-9-11-19)28-18(4)22(32)35-13-17(2)3/h6-12,16-18,20-21,23,31H,13-14H2,1-5H3,(H,28,34)(H,27,30,33)/b12-6-/t18-,20?,21+,23?,25?,39?/m0/s1. The lowest BCUT2D eigenvalue weighted by molar-refractivity contribution is -0.146. The first-order valence-electron chi connectivity index (χ1n) is 12.2. The van der Waals surface area contributed by atoms with Gasteiger partial charge in [-0.2, -0.15) is 10.3 Å². The van der Waals surface area contributed by atoms with Gasteiger partial charge in [0.15, 0.2) is 6.23 Å². The number of nitrogens with zero attached hydrogens (tertiary/aromatic N) is 2. The van der Waals surface area contributed by atoms with Gasteiger partial charge in [-0.25, -0.2) is 9.36 Å². The summed E-state index contributed by atoms with van der Waals surface area (Å²) in [5.41, 5.74) is -1.67. The van der Waals surface area contributed by atoms with Crippen LogP contribution in [0.25, 0.3) is 0 Å². The van der Waals surface area contributed by atoms with Gasteiger partial charge in [-0.05, 0) is 38.8 Å². The first-order chi connectivity index (χ1) is 18.4. The van der Waals surface area contributed by atoms with Crippen molar-refractivity contribution in [3.8, 4) is 11.8 Å². The van der Waals surface area contributed by atoms with Gasteiger partial charge in [-0.3, -0.25) is 24.3 Å². The molecule has 6 atom stereocenters. The van der Waals surface area contributed by atoms with Crippen LogP contribution in [0.5, 0.6) is 5.75 Å². The Morgan fingerprint density at radius 3 is 2.54 bits per heavy atom. The van der Waals surface area contributed by atoms with E-state index in [2.05, 4.69) is 5.09 Å². The minimum absolute atomic E-state index is 0.0869. The molecule has 0 aromatic heterocycles. The van der Waals surface area contributed by atoms with Gasteiger partial charge in [0.1, 0.15) is 29.4 Å². The van der Waals surface area contributed by atoms with Crippen molar-refractivity contribution in [2.45, 2.75) is 59.1 Å². The summed E-state index contributed by atoms with van der Waals surface area (Å²) >= 11 is 0. The highest BCUT2D eigenvalue weighted by atomic mass is 31.2. The fourth-order valence-corrected chi connectivity index (χ4v) is 5.11. The van der Waals surface area contributed by atoms with E-state index in [-0.39, 0.29) is 24.7 Å². The molecule has 0 radical (unpaired) electrons. The number of para-hydroxylation sites is 1. The van der Waals surface area contributed by atoms with Crippen LogP contribution in [-0.2, 0) is 28.2 Å². The van der Waals surface area contributed by atoms with Gasteiger partial charge in [0, 0.05) is 6.20 Å². The Labute approximate surface area is 227 Å². The molecule has 39 heavy (non-hydrogen) atoms. The molecule has 1 saturated heterocycles. The van der Waals surface area contributed by atoms with Gasteiger partial charge in [-0.15, -0.1) is 0 Å². The normalized spacial score (nSPS) is 24.9. The van der Waals surface area contributed by atoms with E-state index in [1.54, 1.807) is 25.1 Å². The molecule has 1 aromatic rings. The van der Waals surface area contributed by atoms with Crippen LogP contribution in [0.2, 0.25) is 0 Å². The summed E-state index contributed by atoms with van der Waals surface area (Å²) in [6, 6.07) is 8.05. The number of hydrogen-bond donors (Lipinski definition) is 3. The number of rotatable bonds is 13. The number of carbonyl (C=O) groups excluding carboxylic acids is 3. The summed E-state index contributed by atoms with van der Waals surface area (Å²) in [5.74, 6) is -0.418. The summed E-state index contributed by atoms with van der Waals surface area (Å²) in [6.07, 6.45) is -1.17. The van der Waals surface area contributed by atoms with E-state index in [9.17, 15) is 29.3 Å². The molecule has 4 unspecified atom stereocenters. The molecule has 14 heteroatoms. The average Bonchev–Trinajstić information content (AvgIpc) is 3.15. The van der Waals surface area contributed by atoms with Crippen LogP contribution in [0.1, 0.15) is 34.6 Å². The zero-order valence-corrected chi connectivity index (χ0v) is 23.4. The number of esters is 1. The Bertz CT molecular complexity index is 1110. The molecule has 13 nitrogen and oxygen atoms in total. The molecule has 1 aromatic carbocycles. The maximum absolute atomic E-state index is 13.8. The molecule has 3 amide bonds. The maximum Gasteiger partial charge on any atom is 0.459 e. The van der Waals surface area contributed by atoms with Gasteiger partial charge >= 0.3 is 19.7 Å². The Kier molecular flexibility index (Phi) is 11.6. The third kappa shape index (κ3) is 8.36. The van der Waals surface area contributed by atoms with Crippen molar-refractivity contribution in [2.24, 2.45) is 11.3 Å². The third-order valence-electron chi connectivity index (χ3n) is 5.65. The number of nitrogens with one attached hydrogen (secondary N) is 2. The number of hydrogen-bond acceptors (Lipinski definition) is 10. The highest BCUT2D eigenvalue weighted by molar-refractivity contribution is 7.52. The predicted molar refractivity (Wildman–Crippen MR) is 139 cm³/mol. The number of carbonyl (C=O) groups is 3. The average molecular weight is 567 g/mol. The minimum atomic E-state index is -4.29. The minimum Gasteiger partial charge on any atom is -0.464 e. The largest absolute Gasteiger partial charge is 0.464 e. The van der Waals surface area contributed by atoms with E-state index in [0.29, 0.717) is 0 Å². The number of amides is 3. The van der Waals surface area contributed by atoms with E-state index >= 15 is 0 Å². The van der Waals surface area contributed by atoms with Crippen LogP contribution in [0.4, 0.5) is 4.79 Å². The molecule has 3 N–H and O–H groups in total. The number of nitriles is 1. The number of benzene rings is 1. The predicted octanol–water partition coefficient (Wildman–Crippen LogP) is 2.68. The first kappa shape index (κ1) is 31.9. The second-order valence-electron chi connectivity index (χ2n) is 9.40. The summed E-state index contributed by atoms with van der Waals surface area (Å²) in [7, 11) is -4.29. The fourth-order valence-electron chi connectivity index (χ4n) is 3.60. The molecule has 2 rings (SSSR count). The Hall–Kier alpha value is -3.27. The summed E-state index contributed by atoms with van der Waals surface area (Å²) < 4.78 is 36.0. The SMILES string of the molecule is C/C=C\N(C(=O)NC=O)C1OC(COP(=O)(N[C@@H](C)C(=O)OCC(C)C)Oc2ccccc2)[C@@H](O)C1(C)C#N. The molecule has 0 aliphatic carbocycles. The third-order valence-corrected chi connectivity index (χ3v) is 7.29. The van der Waals surface area contributed by atoms with Crippen LogP contribution in [0.3, 0.4) is 0 Å². The number of ether oxygens (including phenoxy) is 2. The molecule has 0 spiro atoms. The number of aliphatic hydroxyl groups is 1. The van der Waals surface area contributed by atoms with Crippen LogP contribution in [0.15, 0.2) is 42.6 Å². The second-order valence-corrected chi connectivity index (χ2v) is 11.1. The van der Waals surface area contributed by atoms with Gasteiger partial charge < -0.3 is 19.1 Å². The zero-order chi connectivity index (χ0) is 29.2. The zero-order valence-electron chi connectivity index (χ0n) is 22.5. The van der Waals surface area contributed by atoms with Crippen molar-refractivity contribution >= 4 is 26.2 Å². The first-order valence-corrected chi connectivity index (χ1v) is 13.8. The number of imide groups is 1. The lowest BCUT2D eigenvalue weighted by Crippen LogP contribution is -2.50. The van der Waals surface area contributed by atoms with Crippen LogP contribution in [-0.4, -0.2) is 66.1 Å². The van der Waals surface area contributed by atoms with Gasteiger partial charge in [0.25, 0.3) is 0 Å². The molecular formula is C25H35N4O9P. The van der Waals surface area contributed by atoms with E-state index < -0.39 is 56.2 Å². The van der Waals surface area contributed by atoms with E-state index in [1.807, 2.05) is 25.2 Å². The number of aliphatic hydroxyl groups excluding tert-OH is 1. The molecule has 214 valence electrons. The van der Waals surface area contributed by atoms with Crippen molar-refractivity contribution < 1.29 is 42.6 Å². The monoisotopic (exact) mass is 566 g/mol. The molecular weight excluding hydrogens is 531 g/mol. The van der Waals surface area contributed by atoms with Crippen molar-refractivity contribution in [3.63, 3.8) is 0 Å². The Morgan fingerprint density at radius 1 is 1.31 bits per heavy atom. The van der Waals surface area contributed by atoms with Crippen molar-refractivity contribution in [2.75, 3.05) is 13.2 Å². The second kappa shape index (κ2) is 14.2. The van der Waals surface area contributed by atoms with Crippen molar-refractivity contribution in [1.82, 2.24) is 15.3 Å². The molecule has 1 aliphatic rings. The van der Waals surface area contributed by atoms with E-state index in [1.165, 1.54) is 38.3 Å². The molecule has 0 saturated carbocycles. The smallest absolute Gasteiger partial charge is 0.459 e. The molecule has 1 heterocycles. The Morgan fingerprint density at radius 2 is 1.97 bits per heavy atom. The molecule has 1 fully saturated rings.